The van der Waals surface area contributed by atoms with Gasteiger partial charge in [0.2, 0.25) is 0 Å². The minimum atomic E-state index is -0.890. The Morgan fingerprint density at radius 3 is 2.83 bits per heavy atom. The number of benzene rings is 1. The molecule has 1 unspecified atom stereocenters. The summed E-state index contributed by atoms with van der Waals surface area (Å²) in [7, 11) is 1.31. The molecule has 0 saturated carbocycles. The quantitative estimate of drug-likeness (QED) is 0.392. The highest BCUT2D eigenvalue weighted by Gasteiger charge is 2.21. The molecule has 4 N–H and O–H groups in total. The first-order chi connectivity index (χ1) is 8.49. The smallest absolute Gasteiger partial charge is 0.296 e. The van der Waals surface area contributed by atoms with Gasteiger partial charge in [-0.15, -0.1) is 0 Å². The minimum Gasteiger partial charge on any atom is -0.508 e. The minimum absolute atomic E-state index is 0.0294. The van der Waals surface area contributed by atoms with Crippen molar-refractivity contribution in [3.8, 4) is 5.75 Å². The molecule has 0 heterocycles. The second kappa shape index (κ2) is 5.94. The van der Waals surface area contributed by atoms with Crippen molar-refractivity contribution < 1.29 is 19.6 Å². The molecule has 1 rings (SSSR count). The Bertz CT molecular complexity index is 459. The van der Waals surface area contributed by atoms with Gasteiger partial charge in [-0.25, -0.2) is 0 Å². The number of ether oxygens (including phenoxy) is 1. The van der Waals surface area contributed by atoms with Crippen LogP contribution in [0.2, 0.25) is 0 Å². The molecule has 0 bridgehead atoms. The fourth-order valence-electron chi connectivity index (χ4n) is 1.30. The van der Waals surface area contributed by atoms with Crippen molar-refractivity contribution in [3.63, 3.8) is 0 Å². The predicted molar refractivity (Wildman–Crippen MR) is 63.2 cm³/mol. The number of anilines is 1. The molecule has 0 aliphatic rings. The number of nitrogens with one attached hydrogen (secondary N) is 1. The number of aromatic hydroxyl groups is 1. The van der Waals surface area contributed by atoms with Gasteiger partial charge >= 0.3 is 0 Å². The van der Waals surface area contributed by atoms with E-state index >= 15 is 0 Å². The predicted octanol–water partition coefficient (Wildman–Crippen LogP) is 0.213. The molecule has 0 saturated heterocycles. The van der Waals surface area contributed by atoms with Crippen LogP contribution in [0.5, 0.6) is 5.75 Å². The summed E-state index contributed by atoms with van der Waals surface area (Å²) >= 11 is 0. The van der Waals surface area contributed by atoms with Crippen LogP contribution < -0.4 is 11.1 Å². The van der Waals surface area contributed by atoms with E-state index in [-0.39, 0.29) is 18.0 Å². The first-order valence-corrected chi connectivity index (χ1v) is 5.00. The van der Waals surface area contributed by atoms with Gasteiger partial charge in [0.15, 0.2) is 0 Å². The van der Waals surface area contributed by atoms with E-state index in [0.29, 0.717) is 0 Å². The van der Waals surface area contributed by atoms with E-state index in [1.807, 2.05) is 0 Å². The summed E-state index contributed by atoms with van der Waals surface area (Å²) in [5.74, 6) is -0.851. The van der Waals surface area contributed by atoms with Gasteiger partial charge in [0.05, 0.1) is 11.0 Å². The lowest BCUT2D eigenvalue weighted by Crippen LogP contribution is -2.36. The Kier molecular flexibility index (Phi) is 4.58. The van der Waals surface area contributed by atoms with Crippen molar-refractivity contribution in [2.24, 2.45) is 5.73 Å². The summed E-state index contributed by atoms with van der Waals surface area (Å²) in [5.41, 5.74) is 4.86. The largest absolute Gasteiger partial charge is 0.508 e. The van der Waals surface area contributed by atoms with Crippen molar-refractivity contribution in [1.82, 2.24) is 0 Å². The first kappa shape index (κ1) is 13.9. The summed E-state index contributed by atoms with van der Waals surface area (Å²) in [6.45, 7) is -0.0474. The van der Waals surface area contributed by atoms with E-state index in [1.165, 1.54) is 19.2 Å². The molecule has 1 atom stereocenters. The van der Waals surface area contributed by atoms with Crippen LogP contribution in [0.4, 0.5) is 11.4 Å². The number of carbonyl (C=O) groups excluding carboxylic acids is 1. The number of nitro groups is 1. The maximum Gasteiger partial charge on any atom is 0.296 e. The van der Waals surface area contributed by atoms with E-state index in [1.54, 1.807) is 0 Å². The van der Waals surface area contributed by atoms with Gasteiger partial charge in [-0.3, -0.25) is 14.9 Å². The molecule has 8 heteroatoms. The molecule has 0 radical (unpaired) electrons. The number of carbonyl (C=O) groups is 1. The van der Waals surface area contributed by atoms with Gasteiger partial charge in [0.1, 0.15) is 17.5 Å². The lowest BCUT2D eigenvalue weighted by Gasteiger charge is -2.13. The Labute approximate surface area is 103 Å². The molecule has 1 amide bonds. The topological polar surface area (TPSA) is 128 Å². The third-order valence-corrected chi connectivity index (χ3v) is 2.23. The van der Waals surface area contributed by atoms with Crippen LogP contribution in [0.3, 0.4) is 0 Å². The number of rotatable bonds is 5. The summed E-state index contributed by atoms with van der Waals surface area (Å²) in [6, 6.07) is 3.40. The number of nitro benzene ring substituents is 1. The van der Waals surface area contributed by atoms with Crippen LogP contribution in [0.15, 0.2) is 18.2 Å². The Hall–Kier alpha value is -2.19. The molecule has 0 aliphatic heterocycles. The van der Waals surface area contributed by atoms with Crippen LogP contribution in [0, 0.1) is 10.1 Å². The van der Waals surface area contributed by atoms with Crippen molar-refractivity contribution in [2.75, 3.05) is 19.0 Å². The standard InChI is InChI=1S/C10H13N3O5/c1-18-9(5-11)10(15)12-7-3-2-6(14)4-8(7)13(16)17/h2-4,9,14H,5,11H2,1H3,(H,12,15). The summed E-state index contributed by atoms with van der Waals surface area (Å²) in [4.78, 5) is 21.7. The number of phenols is 1. The number of phenolic OH excluding ortho intramolecular Hbond substituents is 1. The number of hydrogen-bond donors (Lipinski definition) is 3. The average Bonchev–Trinajstić information content (AvgIpc) is 2.32. The van der Waals surface area contributed by atoms with Gasteiger partial charge in [-0.1, -0.05) is 0 Å². The zero-order valence-corrected chi connectivity index (χ0v) is 9.62. The molecule has 0 fully saturated rings. The van der Waals surface area contributed by atoms with E-state index in [4.69, 9.17) is 15.6 Å². The van der Waals surface area contributed by atoms with Crippen LogP contribution in [0.25, 0.3) is 0 Å². The normalized spacial score (nSPS) is 11.9. The van der Waals surface area contributed by atoms with E-state index in [0.717, 1.165) is 6.07 Å². The average molecular weight is 255 g/mol. The molecule has 8 nitrogen and oxygen atoms in total. The van der Waals surface area contributed by atoms with Crippen molar-refractivity contribution in [1.29, 1.82) is 0 Å². The maximum atomic E-state index is 11.6. The molecular formula is C10H13N3O5. The first-order valence-electron chi connectivity index (χ1n) is 5.00. The highest BCUT2D eigenvalue weighted by molar-refractivity contribution is 5.96. The van der Waals surface area contributed by atoms with Gasteiger partial charge in [-0.2, -0.15) is 0 Å². The summed E-state index contributed by atoms with van der Waals surface area (Å²) in [6.07, 6.45) is -0.890. The molecular weight excluding hydrogens is 242 g/mol. The molecule has 98 valence electrons. The Morgan fingerprint density at radius 2 is 2.33 bits per heavy atom. The molecule has 0 spiro atoms. The summed E-state index contributed by atoms with van der Waals surface area (Å²) in [5, 5.41) is 22.2. The van der Waals surface area contributed by atoms with E-state index in [9.17, 15) is 14.9 Å². The monoisotopic (exact) mass is 255 g/mol. The van der Waals surface area contributed by atoms with Gasteiger partial charge in [0, 0.05) is 13.7 Å². The lowest BCUT2D eigenvalue weighted by atomic mass is 10.2. The van der Waals surface area contributed by atoms with Gasteiger partial charge < -0.3 is 20.9 Å². The second-order valence-electron chi connectivity index (χ2n) is 3.41. The van der Waals surface area contributed by atoms with E-state index in [2.05, 4.69) is 5.32 Å². The second-order valence-corrected chi connectivity index (χ2v) is 3.41. The molecule has 1 aromatic rings. The van der Waals surface area contributed by atoms with Crippen LogP contribution in [-0.2, 0) is 9.53 Å². The van der Waals surface area contributed by atoms with Gasteiger partial charge in [-0.05, 0) is 12.1 Å². The molecule has 1 aromatic carbocycles. The number of nitrogens with two attached hydrogens (primary N) is 1. The van der Waals surface area contributed by atoms with Gasteiger partial charge in [0.25, 0.3) is 11.6 Å². The van der Waals surface area contributed by atoms with Crippen molar-refractivity contribution >= 4 is 17.3 Å². The van der Waals surface area contributed by atoms with Crippen LogP contribution in [-0.4, -0.2) is 35.7 Å². The fourth-order valence-corrected chi connectivity index (χ4v) is 1.30. The zero-order valence-electron chi connectivity index (χ0n) is 9.62. The molecule has 18 heavy (non-hydrogen) atoms. The lowest BCUT2D eigenvalue weighted by molar-refractivity contribution is -0.384. The Balaban J connectivity index is 2.97. The highest BCUT2D eigenvalue weighted by atomic mass is 16.6. The maximum absolute atomic E-state index is 11.6. The number of amides is 1. The number of nitrogens with zero attached hydrogens (tertiary/aromatic N) is 1. The van der Waals surface area contributed by atoms with Crippen LogP contribution in [0.1, 0.15) is 0 Å². The zero-order chi connectivity index (χ0) is 13.7. The SMILES string of the molecule is COC(CN)C(=O)Nc1ccc(O)cc1[N+](=O)[O-]. The molecule has 0 aromatic heterocycles. The number of methoxy groups -OCH3 is 1. The van der Waals surface area contributed by atoms with Crippen molar-refractivity contribution in [3.05, 3.63) is 28.3 Å². The molecule has 0 aliphatic carbocycles. The highest BCUT2D eigenvalue weighted by Crippen LogP contribution is 2.28. The number of hydrogen-bond acceptors (Lipinski definition) is 6. The third kappa shape index (κ3) is 3.15. The fraction of sp³-hybridized carbons (Fsp3) is 0.300. The van der Waals surface area contributed by atoms with Crippen molar-refractivity contribution in [2.45, 2.75) is 6.10 Å². The van der Waals surface area contributed by atoms with Crippen LogP contribution >= 0.6 is 0 Å². The third-order valence-electron chi connectivity index (χ3n) is 2.23. The summed E-state index contributed by atoms with van der Waals surface area (Å²) < 4.78 is 4.80. The Morgan fingerprint density at radius 1 is 1.67 bits per heavy atom. The van der Waals surface area contributed by atoms with E-state index < -0.39 is 22.6 Å².